The molecule has 1 aromatic heterocycles. The van der Waals surface area contributed by atoms with E-state index in [4.69, 9.17) is 9.47 Å². The Morgan fingerprint density at radius 2 is 1.84 bits per heavy atom. The van der Waals surface area contributed by atoms with Crippen molar-refractivity contribution in [2.24, 2.45) is 0 Å². The van der Waals surface area contributed by atoms with Crippen molar-refractivity contribution >= 4 is 34.6 Å². The highest BCUT2D eigenvalue weighted by Crippen LogP contribution is 2.25. The highest BCUT2D eigenvalue weighted by molar-refractivity contribution is 6.03. The maximum Gasteiger partial charge on any atom is 0.419 e. The number of nitrogens with zero attached hydrogens (tertiary/aromatic N) is 1. The lowest BCUT2D eigenvalue weighted by Gasteiger charge is -2.20. The van der Waals surface area contributed by atoms with Crippen LogP contribution >= 0.6 is 0 Å². The molecule has 1 heterocycles. The quantitative estimate of drug-likeness (QED) is 0.859. The van der Waals surface area contributed by atoms with Crippen LogP contribution in [0.15, 0.2) is 24.3 Å². The van der Waals surface area contributed by atoms with Crippen LogP contribution in [0, 0.1) is 0 Å². The Morgan fingerprint density at radius 3 is 2.40 bits per heavy atom. The van der Waals surface area contributed by atoms with Crippen LogP contribution in [0.4, 0.5) is 10.5 Å². The third-order valence-electron chi connectivity index (χ3n) is 3.18. The van der Waals surface area contributed by atoms with E-state index in [2.05, 4.69) is 5.32 Å². The lowest BCUT2D eigenvalue weighted by atomic mass is 10.2. The summed E-state index contributed by atoms with van der Waals surface area (Å²) in [6, 6.07) is 6.52. The lowest BCUT2D eigenvalue weighted by Crippen LogP contribution is -2.29. The molecular weight excluding hydrogens is 324 g/mol. The fraction of sp³-hybridized carbons (Fsp3) is 0.389. The first-order valence-corrected chi connectivity index (χ1v) is 7.96. The van der Waals surface area contributed by atoms with Crippen molar-refractivity contribution in [3.63, 3.8) is 0 Å². The average Bonchev–Trinajstić information content (AvgIpc) is 2.83. The number of hydrogen-bond acceptors (Lipinski definition) is 5. The summed E-state index contributed by atoms with van der Waals surface area (Å²) in [5.41, 5.74) is 0.421. The second-order valence-corrected chi connectivity index (χ2v) is 6.52. The molecule has 134 valence electrons. The van der Waals surface area contributed by atoms with Crippen molar-refractivity contribution in [2.75, 3.05) is 11.9 Å². The van der Waals surface area contributed by atoms with Crippen molar-refractivity contribution in [2.45, 2.75) is 40.2 Å². The van der Waals surface area contributed by atoms with E-state index >= 15 is 0 Å². The molecule has 0 aliphatic carbocycles. The van der Waals surface area contributed by atoms with Gasteiger partial charge in [-0.1, -0.05) is 0 Å². The van der Waals surface area contributed by atoms with Gasteiger partial charge in [-0.2, -0.15) is 0 Å². The molecule has 0 bridgehead atoms. The van der Waals surface area contributed by atoms with E-state index in [-0.39, 0.29) is 18.2 Å². The van der Waals surface area contributed by atoms with Crippen LogP contribution < -0.4 is 5.32 Å². The number of amides is 1. The standard InChI is InChI=1S/C18H22N2O5/c1-6-24-16(22)15-10-12-9-13(19-11(2)21)7-8-14(12)20(15)17(23)25-18(3,4)5/h7-10H,6H2,1-5H3,(H,19,21). The number of rotatable bonds is 3. The molecule has 1 amide bonds. The summed E-state index contributed by atoms with van der Waals surface area (Å²) in [5, 5.41) is 3.28. The van der Waals surface area contributed by atoms with Gasteiger partial charge in [0.2, 0.25) is 5.91 Å². The molecule has 0 saturated carbocycles. The highest BCUT2D eigenvalue weighted by atomic mass is 16.6. The predicted molar refractivity (Wildman–Crippen MR) is 93.8 cm³/mol. The summed E-state index contributed by atoms with van der Waals surface area (Å²) in [4.78, 5) is 36.1. The summed E-state index contributed by atoms with van der Waals surface area (Å²) >= 11 is 0. The molecule has 1 aromatic carbocycles. The van der Waals surface area contributed by atoms with Gasteiger partial charge in [-0.15, -0.1) is 0 Å². The van der Waals surface area contributed by atoms with Gasteiger partial charge in [-0.05, 0) is 52.0 Å². The molecule has 2 rings (SSSR count). The van der Waals surface area contributed by atoms with Crippen LogP contribution in [0.5, 0.6) is 0 Å². The van der Waals surface area contributed by atoms with Gasteiger partial charge in [0.1, 0.15) is 11.3 Å². The minimum Gasteiger partial charge on any atom is -0.461 e. The van der Waals surface area contributed by atoms with Crippen LogP contribution in [0.2, 0.25) is 0 Å². The molecule has 0 aliphatic heterocycles. The van der Waals surface area contributed by atoms with Crippen LogP contribution in [0.3, 0.4) is 0 Å². The van der Waals surface area contributed by atoms with Gasteiger partial charge in [0.05, 0.1) is 12.1 Å². The molecule has 1 N–H and O–H groups in total. The SMILES string of the molecule is CCOC(=O)c1cc2cc(NC(C)=O)ccc2n1C(=O)OC(C)(C)C. The first kappa shape index (κ1) is 18.5. The predicted octanol–water partition coefficient (Wildman–Crippen LogP) is 3.56. The largest absolute Gasteiger partial charge is 0.461 e. The van der Waals surface area contributed by atoms with E-state index in [0.29, 0.717) is 16.6 Å². The van der Waals surface area contributed by atoms with Crippen LogP contribution in [0.1, 0.15) is 45.1 Å². The normalized spacial score (nSPS) is 11.2. The molecule has 7 nitrogen and oxygen atoms in total. The molecule has 2 aromatic rings. The summed E-state index contributed by atoms with van der Waals surface area (Å²) in [7, 11) is 0. The fourth-order valence-electron chi connectivity index (χ4n) is 2.36. The second-order valence-electron chi connectivity index (χ2n) is 6.52. The minimum absolute atomic E-state index is 0.0751. The number of carbonyl (C=O) groups is 3. The van der Waals surface area contributed by atoms with E-state index in [1.807, 2.05) is 0 Å². The second kappa shape index (κ2) is 6.96. The zero-order valence-corrected chi connectivity index (χ0v) is 15.0. The molecule has 0 fully saturated rings. The summed E-state index contributed by atoms with van der Waals surface area (Å²) < 4.78 is 11.6. The van der Waals surface area contributed by atoms with E-state index in [1.54, 1.807) is 52.0 Å². The maximum atomic E-state index is 12.6. The first-order chi connectivity index (χ1) is 11.6. The summed E-state index contributed by atoms with van der Waals surface area (Å²) in [5.74, 6) is -0.831. The Hall–Kier alpha value is -2.83. The number of carbonyl (C=O) groups excluding carboxylic acids is 3. The molecule has 7 heteroatoms. The number of esters is 1. The van der Waals surface area contributed by atoms with Gasteiger partial charge >= 0.3 is 12.1 Å². The number of benzene rings is 1. The van der Waals surface area contributed by atoms with Gasteiger partial charge in [-0.3, -0.25) is 4.79 Å². The average molecular weight is 346 g/mol. The number of fused-ring (bicyclic) bond motifs is 1. The van der Waals surface area contributed by atoms with Crippen molar-refractivity contribution < 1.29 is 23.9 Å². The minimum atomic E-state index is -0.713. The number of ether oxygens (including phenoxy) is 2. The lowest BCUT2D eigenvalue weighted by molar-refractivity contribution is -0.114. The van der Waals surface area contributed by atoms with Gasteiger partial charge in [0.15, 0.2) is 0 Å². The third-order valence-corrected chi connectivity index (χ3v) is 3.18. The number of anilines is 1. The molecule has 0 unspecified atom stereocenters. The number of aromatic nitrogens is 1. The number of nitrogens with one attached hydrogen (secondary N) is 1. The number of hydrogen-bond donors (Lipinski definition) is 1. The zero-order chi connectivity index (χ0) is 18.8. The smallest absolute Gasteiger partial charge is 0.419 e. The monoisotopic (exact) mass is 346 g/mol. The zero-order valence-electron chi connectivity index (χ0n) is 15.0. The molecule has 25 heavy (non-hydrogen) atoms. The van der Waals surface area contributed by atoms with Gasteiger partial charge in [0, 0.05) is 18.0 Å². The van der Waals surface area contributed by atoms with Crippen LogP contribution in [-0.2, 0) is 14.3 Å². The highest BCUT2D eigenvalue weighted by Gasteiger charge is 2.25. The Balaban J connectivity index is 2.58. The molecular formula is C18H22N2O5. The Kier molecular flexibility index (Phi) is 5.15. The van der Waals surface area contributed by atoms with Gasteiger partial charge in [-0.25, -0.2) is 14.2 Å². The molecule has 0 radical (unpaired) electrons. The van der Waals surface area contributed by atoms with E-state index in [0.717, 1.165) is 0 Å². The third kappa shape index (κ3) is 4.37. The van der Waals surface area contributed by atoms with E-state index < -0.39 is 17.7 Å². The molecule has 0 atom stereocenters. The van der Waals surface area contributed by atoms with Crippen molar-refractivity contribution in [1.29, 1.82) is 0 Å². The Labute approximate surface area is 145 Å². The van der Waals surface area contributed by atoms with Crippen molar-refractivity contribution in [3.05, 3.63) is 30.0 Å². The van der Waals surface area contributed by atoms with Gasteiger partial charge in [0.25, 0.3) is 0 Å². The molecule has 0 aliphatic rings. The van der Waals surface area contributed by atoms with E-state index in [9.17, 15) is 14.4 Å². The summed E-state index contributed by atoms with van der Waals surface area (Å²) in [6.45, 7) is 8.51. The Bertz CT molecular complexity index is 830. The topological polar surface area (TPSA) is 86.6 Å². The van der Waals surface area contributed by atoms with Gasteiger partial charge < -0.3 is 14.8 Å². The van der Waals surface area contributed by atoms with Crippen molar-refractivity contribution in [3.8, 4) is 0 Å². The Morgan fingerprint density at radius 1 is 1.16 bits per heavy atom. The molecule has 0 saturated heterocycles. The first-order valence-electron chi connectivity index (χ1n) is 7.96. The maximum absolute atomic E-state index is 12.6. The van der Waals surface area contributed by atoms with Crippen LogP contribution in [-0.4, -0.2) is 34.7 Å². The summed E-state index contributed by atoms with van der Waals surface area (Å²) in [6.07, 6.45) is -0.669. The van der Waals surface area contributed by atoms with Crippen molar-refractivity contribution in [1.82, 2.24) is 4.57 Å². The van der Waals surface area contributed by atoms with E-state index in [1.165, 1.54) is 11.5 Å². The fourth-order valence-corrected chi connectivity index (χ4v) is 2.36. The molecule has 0 spiro atoms. The van der Waals surface area contributed by atoms with Crippen LogP contribution in [0.25, 0.3) is 10.9 Å².